The zero-order valence-electron chi connectivity index (χ0n) is 12.8. The second-order valence-corrected chi connectivity index (χ2v) is 7.46. The van der Waals surface area contributed by atoms with Crippen LogP contribution in [0.2, 0.25) is 0 Å². The molecule has 2 aliphatic carbocycles. The van der Waals surface area contributed by atoms with Crippen molar-refractivity contribution in [3.63, 3.8) is 0 Å². The standard InChI is InChI=1S/C17H30N2O/c18-12-14-6-4-7-15(14)16(20)19-11-5-10-17(13-19)8-2-1-3-9-17/h14-15H,1-13,18H2/t14-,15-/m1/s1. The molecule has 0 aromatic rings. The summed E-state index contributed by atoms with van der Waals surface area (Å²) < 4.78 is 0. The lowest BCUT2D eigenvalue weighted by molar-refractivity contribution is -0.140. The highest BCUT2D eigenvalue weighted by atomic mass is 16.2. The number of rotatable bonds is 2. The summed E-state index contributed by atoms with van der Waals surface area (Å²) in [5.41, 5.74) is 6.33. The molecule has 0 bridgehead atoms. The van der Waals surface area contributed by atoms with Gasteiger partial charge < -0.3 is 10.6 Å². The maximum atomic E-state index is 12.9. The average molecular weight is 278 g/mol. The highest BCUT2D eigenvalue weighted by Crippen LogP contribution is 2.44. The lowest BCUT2D eigenvalue weighted by Crippen LogP contribution is -2.49. The molecule has 0 unspecified atom stereocenters. The van der Waals surface area contributed by atoms with Crippen LogP contribution in [-0.4, -0.2) is 30.4 Å². The quantitative estimate of drug-likeness (QED) is 0.844. The third kappa shape index (κ3) is 2.74. The van der Waals surface area contributed by atoms with Crippen LogP contribution >= 0.6 is 0 Å². The fourth-order valence-corrected chi connectivity index (χ4v) is 4.98. The van der Waals surface area contributed by atoms with E-state index in [1.54, 1.807) is 0 Å². The fourth-order valence-electron chi connectivity index (χ4n) is 4.98. The van der Waals surface area contributed by atoms with Gasteiger partial charge in [-0.25, -0.2) is 0 Å². The van der Waals surface area contributed by atoms with E-state index in [4.69, 9.17) is 5.73 Å². The van der Waals surface area contributed by atoms with Crippen molar-refractivity contribution in [2.75, 3.05) is 19.6 Å². The molecule has 3 nitrogen and oxygen atoms in total. The molecular weight excluding hydrogens is 248 g/mol. The van der Waals surface area contributed by atoms with Crippen LogP contribution in [0.25, 0.3) is 0 Å². The van der Waals surface area contributed by atoms with Gasteiger partial charge in [0.1, 0.15) is 0 Å². The van der Waals surface area contributed by atoms with Crippen molar-refractivity contribution in [2.45, 2.75) is 64.2 Å². The van der Waals surface area contributed by atoms with Gasteiger partial charge in [-0.3, -0.25) is 4.79 Å². The minimum Gasteiger partial charge on any atom is -0.342 e. The van der Waals surface area contributed by atoms with Gasteiger partial charge in [-0.1, -0.05) is 25.7 Å². The van der Waals surface area contributed by atoms with E-state index in [0.717, 1.165) is 25.9 Å². The summed E-state index contributed by atoms with van der Waals surface area (Å²) in [5, 5.41) is 0. The zero-order valence-corrected chi connectivity index (χ0v) is 12.8. The van der Waals surface area contributed by atoms with E-state index in [9.17, 15) is 4.79 Å². The van der Waals surface area contributed by atoms with Crippen molar-refractivity contribution in [1.29, 1.82) is 0 Å². The Hall–Kier alpha value is -0.570. The molecule has 20 heavy (non-hydrogen) atoms. The van der Waals surface area contributed by atoms with Crippen molar-refractivity contribution in [3.05, 3.63) is 0 Å². The number of hydrogen-bond donors (Lipinski definition) is 1. The van der Waals surface area contributed by atoms with Crippen LogP contribution in [0.5, 0.6) is 0 Å². The Kier molecular flexibility index (Phi) is 4.34. The normalized spacial score (nSPS) is 33.5. The predicted octanol–water partition coefficient (Wildman–Crippen LogP) is 2.93. The maximum absolute atomic E-state index is 12.9. The van der Waals surface area contributed by atoms with Gasteiger partial charge in [0.05, 0.1) is 0 Å². The number of carbonyl (C=O) groups excluding carboxylic acids is 1. The van der Waals surface area contributed by atoms with E-state index >= 15 is 0 Å². The first kappa shape index (κ1) is 14.4. The second kappa shape index (κ2) is 6.05. The molecule has 1 spiro atoms. The summed E-state index contributed by atoms with van der Waals surface area (Å²) in [5.74, 6) is 1.12. The molecule has 0 aromatic heterocycles. The zero-order chi connectivity index (χ0) is 14.0. The molecule has 3 rings (SSSR count). The van der Waals surface area contributed by atoms with Crippen LogP contribution in [0, 0.1) is 17.3 Å². The maximum Gasteiger partial charge on any atom is 0.226 e. The minimum absolute atomic E-state index is 0.235. The Labute approximate surface area is 123 Å². The fraction of sp³-hybridized carbons (Fsp3) is 0.941. The second-order valence-electron chi connectivity index (χ2n) is 7.46. The monoisotopic (exact) mass is 278 g/mol. The Morgan fingerprint density at radius 3 is 2.55 bits per heavy atom. The lowest BCUT2D eigenvalue weighted by atomic mass is 9.69. The Balaban J connectivity index is 1.65. The van der Waals surface area contributed by atoms with E-state index in [0.29, 0.717) is 23.8 Å². The number of amides is 1. The molecule has 2 atom stereocenters. The first-order valence-corrected chi connectivity index (χ1v) is 8.73. The van der Waals surface area contributed by atoms with Gasteiger partial charge in [-0.2, -0.15) is 0 Å². The number of nitrogens with zero attached hydrogens (tertiary/aromatic N) is 1. The van der Waals surface area contributed by atoms with Gasteiger partial charge in [-0.15, -0.1) is 0 Å². The predicted molar refractivity (Wildman–Crippen MR) is 81.2 cm³/mol. The molecule has 1 saturated heterocycles. The van der Waals surface area contributed by atoms with Crippen LogP contribution < -0.4 is 5.73 Å². The Morgan fingerprint density at radius 1 is 1.05 bits per heavy atom. The van der Waals surface area contributed by atoms with Gasteiger partial charge in [0.25, 0.3) is 0 Å². The molecule has 3 fully saturated rings. The average Bonchev–Trinajstić information content (AvgIpc) is 2.96. The van der Waals surface area contributed by atoms with Crippen molar-refractivity contribution < 1.29 is 4.79 Å². The SMILES string of the molecule is NC[C@H]1CCC[C@H]1C(=O)N1CCCC2(CCCCC2)C1. The molecule has 1 heterocycles. The minimum atomic E-state index is 0.235. The largest absolute Gasteiger partial charge is 0.342 e. The molecular formula is C17H30N2O. The Bertz CT molecular complexity index is 343. The van der Waals surface area contributed by atoms with Crippen LogP contribution in [0.15, 0.2) is 0 Å². The van der Waals surface area contributed by atoms with E-state index in [1.165, 1.54) is 51.4 Å². The van der Waals surface area contributed by atoms with Crippen LogP contribution in [0.1, 0.15) is 64.2 Å². The smallest absolute Gasteiger partial charge is 0.226 e. The molecule has 0 aromatic carbocycles. The molecule has 1 aliphatic heterocycles. The van der Waals surface area contributed by atoms with E-state index in [-0.39, 0.29) is 5.92 Å². The van der Waals surface area contributed by atoms with Crippen molar-refractivity contribution in [2.24, 2.45) is 23.0 Å². The van der Waals surface area contributed by atoms with Gasteiger partial charge in [0.2, 0.25) is 5.91 Å². The van der Waals surface area contributed by atoms with Crippen molar-refractivity contribution in [1.82, 2.24) is 4.90 Å². The topological polar surface area (TPSA) is 46.3 Å². The summed E-state index contributed by atoms with van der Waals surface area (Å²) in [7, 11) is 0. The number of nitrogens with two attached hydrogens (primary N) is 1. The van der Waals surface area contributed by atoms with Gasteiger partial charge >= 0.3 is 0 Å². The number of hydrogen-bond acceptors (Lipinski definition) is 2. The highest BCUT2D eigenvalue weighted by molar-refractivity contribution is 5.79. The summed E-state index contributed by atoms with van der Waals surface area (Å²) in [6.45, 7) is 2.73. The molecule has 3 aliphatic rings. The molecule has 3 heteroatoms. The number of likely N-dealkylation sites (tertiary alicyclic amines) is 1. The Morgan fingerprint density at radius 2 is 1.80 bits per heavy atom. The summed E-state index contributed by atoms with van der Waals surface area (Å²) in [4.78, 5) is 15.1. The van der Waals surface area contributed by atoms with Crippen LogP contribution in [-0.2, 0) is 4.79 Å². The summed E-state index contributed by atoms with van der Waals surface area (Å²) >= 11 is 0. The molecule has 1 amide bonds. The third-order valence-corrected chi connectivity index (χ3v) is 6.17. The number of carbonyl (C=O) groups is 1. The summed E-state index contributed by atoms with van der Waals surface area (Å²) in [6.07, 6.45) is 12.8. The van der Waals surface area contributed by atoms with Crippen LogP contribution in [0.3, 0.4) is 0 Å². The molecule has 114 valence electrons. The van der Waals surface area contributed by atoms with Crippen molar-refractivity contribution >= 4 is 5.91 Å². The molecule has 2 N–H and O–H groups in total. The first-order chi connectivity index (χ1) is 9.74. The van der Waals surface area contributed by atoms with E-state index in [1.807, 2.05) is 0 Å². The van der Waals surface area contributed by atoms with Gasteiger partial charge in [0.15, 0.2) is 0 Å². The van der Waals surface area contributed by atoms with E-state index < -0.39 is 0 Å². The van der Waals surface area contributed by atoms with Crippen molar-refractivity contribution in [3.8, 4) is 0 Å². The molecule has 2 saturated carbocycles. The van der Waals surface area contributed by atoms with Gasteiger partial charge in [0, 0.05) is 19.0 Å². The highest BCUT2D eigenvalue weighted by Gasteiger charge is 2.41. The lowest BCUT2D eigenvalue weighted by Gasteiger charge is -2.46. The van der Waals surface area contributed by atoms with Gasteiger partial charge in [-0.05, 0) is 56.4 Å². The summed E-state index contributed by atoms with van der Waals surface area (Å²) in [6, 6.07) is 0. The molecule has 0 radical (unpaired) electrons. The van der Waals surface area contributed by atoms with E-state index in [2.05, 4.69) is 4.90 Å². The number of piperidine rings is 1. The first-order valence-electron chi connectivity index (χ1n) is 8.73. The van der Waals surface area contributed by atoms with Crippen LogP contribution in [0.4, 0.5) is 0 Å². The third-order valence-electron chi connectivity index (χ3n) is 6.17.